The number of aliphatic carboxylic acids is 3. The van der Waals surface area contributed by atoms with Gasteiger partial charge >= 0.3 is 57.8 Å². The van der Waals surface area contributed by atoms with E-state index in [9.17, 15) is 14.4 Å². The molecule has 0 atom stereocenters. The van der Waals surface area contributed by atoms with Crippen molar-refractivity contribution < 1.29 is 83.9 Å². The summed E-state index contributed by atoms with van der Waals surface area (Å²) in [6.07, 6.45) is 0. The largest absolute Gasteiger partial charge is 3.00 e. The molecule has 0 aromatic heterocycles. The Kier molecular flexibility index (Phi) is 18.7. The molecule has 31 heavy (non-hydrogen) atoms. The van der Waals surface area contributed by atoms with Crippen molar-refractivity contribution in [3.05, 3.63) is 0 Å². The summed E-state index contributed by atoms with van der Waals surface area (Å²) in [6, 6.07) is 0. The van der Waals surface area contributed by atoms with Crippen molar-refractivity contribution in [2.24, 2.45) is 0 Å². The van der Waals surface area contributed by atoms with E-state index in [-0.39, 0.29) is 59.6 Å². The molecule has 0 amide bonds. The van der Waals surface area contributed by atoms with Gasteiger partial charge in [-0.2, -0.15) is 0 Å². The number of carboxylic acids is 3. The molecule has 1 heterocycles. The van der Waals surface area contributed by atoms with Gasteiger partial charge in [-0.3, -0.25) is 29.1 Å². The second kappa shape index (κ2) is 19.0. The minimum Gasteiger partial charge on any atom is -0.480 e. The average molecular weight is 593 g/mol. The molecule has 1 aliphatic rings. The number of carboxylic acid groups (broad SMARTS) is 3. The van der Waals surface area contributed by atoms with E-state index in [2.05, 4.69) is 0 Å². The Morgan fingerprint density at radius 3 is 0.871 bits per heavy atom. The molecule has 0 spiro atoms. The quantitative estimate of drug-likeness (QED) is 0.320. The average Bonchev–Trinajstić information content (AvgIpc) is 2.64. The third kappa shape index (κ3) is 17.7. The Bertz CT molecular complexity index is 438. The molecule has 1 rings (SSSR count). The Hall–Kier alpha value is -0.505. The molecule has 0 saturated carbocycles. The van der Waals surface area contributed by atoms with Gasteiger partial charge in [0.1, 0.15) is 0 Å². The van der Waals surface area contributed by atoms with Crippen LogP contribution in [0, 0.1) is 39.9 Å². The Balaban J connectivity index is 0.00000900. The molecule has 0 unspecified atom stereocenters. The van der Waals surface area contributed by atoms with Crippen LogP contribution in [0.3, 0.4) is 0 Å². The molecule has 1 fully saturated rings. The molecule has 0 aromatic carbocycles. The molecular weight excluding hydrogens is 559 g/mol. The first kappa shape index (κ1) is 30.5. The van der Waals surface area contributed by atoms with Gasteiger partial charge in [0.15, 0.2) is 0 Å². The fourth-order valence-electron chi connectivity index (χ4n) is 2.85. The van der Waals surface area contributed by atoms with E-state index in [4.69, 9.17) is 29.5 Å². The molecule has 0 bridgehead atoms. The predicted octanol–water partition coefficient (Wildman–Crippen LogP) is -1.79. The summed E-state index contributed by atoms with van der Waals surface area (Å²) in [5, 5.41) is 27.1. The van der Waals surface area contributed by atoms with Gasteiger partial charge < -0.3 is 29.5 Å². The molecule has 13 heteroatoms. The van der Waals surface area contributed by atoms with Gasteiger partial charge in [0.2, 0.25) is 0 Å². The molecule has 1 saturated heterocycles. The number of carbonyl (C=O) groups is 3. The van der Waals surface area contributed by atoms with E-state index >= 15 is 0 Å². The van der Waals surface area contributed by atoms with E-state index in [1.807, 2.05) is 0 Å². The third-order valence-electron chi connectivity index (χ3n) is 4.39. The molecular formula is C18H33GdN3O9+3. The number of hydrogen-bond donors (Lipinski definition) is 3. The summed E-state index contributed by atoms with van der Waals surface area (Å²) in [5.74, 6) is -2.84. The predicted molar refractivity (Wildman–Crippen MR) is 105 cm³/mol. The van der Waals surface area contributed by atoms with Crippen LogP contribution in [-0.2, 0) is 28.6 Å². The molecule has 0 aromatic rings. The maximum absolute atomic E-state index is 11.0. The minimum atomic E-state index is -0.947. The molecule has 3 N–H and O–H groups in total. The summed E-state index contributed by atoms with van der Waals surface area (Å²) in [6.45, 7) is 3.92. The van der Waals surface area contributed by atoms with Crippen LogP contribution < -0.4 is 0 Å². The Morgan fingerprint density at radius 1 is 0.516 bits per heavy atom. The standard InChI is InChI=1S/C18H33N3O9.Gd/c22-16(23)13-19-1-7-28-9-3-20(14-17(24)25)5-11-30-12-6-21(15-18(26)27)4-10-29-8-2-19;/h1-15H2,(H,22,23)(H,24,25)(H,26,27);/q;+3. The second-order valence-electron chi connectivity index (χ2n) is 6.85. The topological polar surface area (TPSA) is 149 Å². The van der Waals surface area contributed by atoms with Crippen LogP contribution in [0.1, 0.15) is 0 Å². The number of nitrogens with zero attached hydrogens (tertiary/aromatic N) is 3. The van der Waals surface area contributed by atoms with Gasteiger partial charge in [-0.1, -0.05) is 0 Å². The minimum absolute atomic E-state index is 0. The Morgan fingerprint density at radius 2 is 0.710 bits per heavy atom. The molecule has 0 aliphatic carbocycles. The smallest absolute Gasteiger partial charge is 0.480 e. The van der Waals surface area contributed by atoms with Gasteiger partial charge in [0.25, 0.3) is 0 Å². The Labute approximate surface area is 214 Å². The summed E-state index contributed by atoms with van der Waals surface area (Å²) < 4.78 is 16.6. The van der Waals surface area contributed by atoms with Crippen LogP contribution in [0.5, 0.6) is 0 Å². The van der Waals surface area contributed by atoms with Gasteiger partial charge in [0.05, 0.1) is 59.3 Å². The SMILES string of the molecule is O=C(O)CN1CCOCCN(CC(=O)O)CCOCCN(CC(=O)O)CCOCC1.[Gd+3]. The van der Waals surface area contributed by atoms with Crippen molar-refractivity contribution in [3.63, 3.8) is 0 Å². The monoisotopic (exact) mass is 593 g/mol. The maximum atomic E-state index is 11.0. The maximum Gasteiger partial charge on any atom is 3.00 e. The van der Waals surface area contributed by atoms with Crippen molar-refractivity contribution in [1.82, 2.24) is 14.7 Å². The van der Waals surface area contributed by atoms with Crippen molar-refractivity contribution in [2.75, 3.05) is 98.5 Å². The zero-order chi connectivity index (χ0) is 22.2. The van der Waals surface area contributed by atoms with Gasteiger partial charge in [0, 0.05) is 39.3 Å². The number of ether oxygens (including phenoxy) is 3. The fourth-order valence-corrected chi connectivity index (χ4v) is 2.85. The first-order valence-electron chi connectivity index (χ1n) is 9.92. The first-order chi connectivity index (χ1) is 14.4. The number of hydrogen-bond acceptors (Lipinski definition) is 9. The molecule has 179 valence electrons. The van der Waals surface area contributed by atoms with E-state index in [1.54, 1.807) is 14.7 Å². The van der Waals surface area contributed by atoms with Crippen molar-refractivity contribution in [1.29, 1.82) is 0 Å². The van der Waals surface area contributed by atoms with E-state index in [0.29, 0.717) is 78.9 Å². The summed E-state index contributed by atoms with van der Waals surface area (Å²) in [7, 11) is 0. The number of rotatable bonds is 6. The van der Waals surface area contributed by atoms with Crippen LogP contribution in [0.4, 0.5) is 0 Å². The van der Waals surface area contributed by atoms with Crippen molar-refractivity contribution in [2.45, 2.75) is 0 Å². The summed E-state index contributed by atoms with van der Waals surface area (Å²) in [5.41, 5.74) is 0. The summed E-state index contributed by atoms with van der Waals surface area (Å²) in [4.78, 5) is 38.2. The van der Waals surface area contributed by atoms with Crippen LogP contribution >= 0.6 is 0 Å². The van der Waals surface area contributed by atoms with Crippen LogP contribution in [-0.4, -0.2) is 146 Å². The first-order valence-corrected chi connectivity index (χ1v) is 9.92. The van der Waals surface area contributed by atoms with Crippen molar-refractivity contribution in [3.8, 4) is 0 Å². The molecule has 1 radical (unpaired) electrons. The normalized spacial score (nSPS) is 20.1. The fraction of sp³-hybridized carbons (Fsp3) is 0.833. The second-order valence-corrected chi connectivity index (χ2v) is 6.85. The van der Waals surface area contributed by atoms with Crippen molar-refractivity contribution >= 4 is 17.9 Å². The zero-order valence-electron chi connectivity index (χ0n) is 17.6. The third-order valence-corrected chi connectivity index (χ3v) is 4.39. The van der Waals surface area contributed by atoms with Crippen LogP contribution in [0.2, 0.25) is 0 Å². The molecule has 1 aliphatic heterocycles. The van der Waals surface area contributed by atoms with E-state index in [0.717, 1.165) is 0 Å². The van der Waals surface area contributed by atoms with E-state index < -0.39 is 17.9 Å². The molecule has 12 nitrogen and oxygen atoms in total. The zero-order valence-corrected chi connectivity index (χ0v) is 19.9. The van der Waals surface area contributed by atoms with Gasteiger partial charge in [-0.05, 0) is 0 Å². The summed E-state index contributed by atoms with van der Waals surface area (Å²) >= 11 is 0. The van der Waals surface area contributed by atoms with Gasteiger partial charge in [-0.15, -0.1) is 0 Å². The van der Waals surface area contributed by atoms with Gasteiger partial charge in [-0.25, -0.2) is 0 Å². The van der Waals surface area contributed by atoms with Crippen LogP contribution in [0.25, 0.3) is 0 Å². The van der Waals surface area contributed by atoms with E-state index in [1.165, 1.54) is 0 Å². The van der Waals surface area contributed by atoms with Crippen LogP contribution in [0.15, 0.2) is 0 Å².